The van der Waals surface area contributed by atoms with Crippen LogP contribution in [0.4, 0.5) is 4.79 Å². The summed E-state index contributed by atoms with van der Waals surface area (Å²) in [6, 6.07) is 8.89. The second-order valence-corrected chi connectivity index (χ2v) is 9.51. The molecule has 1 aromatic rings. The lowest BCUT2D eigenvalue weighted by Crippen LogP contribution is -2.51. The van der Waals surface area contributed by atoms with Crippen LogP contribution >= 0.6 is 0 Å². The molecule has 2 rings (SSSR count). The molecule has 1 aliphatic heterocycles. The molecule has 2 atom stereocenters. The van der Waals surface area contributed by atoms with E-state index in [1.165, 1.54) is 4.90 Å². The minimum absolute atomic E-state index is 0.00735. The summed E-state index contributed by atoms with van der Waals surface area (Å²) in [6.07, 6.45) is -1.61. The van der Waals surface area contributed by atoms with Gasteiger partial charge >= 0.3 is 12.1 Å². The highest BCUT2D eigenvalue weighted by Gasteiger charge is 2.47. The zero-order chi connectivity index (χ0) is 24.1. The van der Waals surface area contributed by atoms with Gasteiger partial charge in [-0.05, 0) is 46.1 Å². The maximum atomic E-state index is 12.6. The third-order valence-electron chi connectivity index (χ3n) is 4.74. The van der Waals surface area contributed by atoms with Crippen LogP contribution in [-0.2, 0) is 25.5 Å². The normalized spacial score (nSPS) is 18.8. The number of ether oxygens (including phenoxy) is 3. The predicted octanol–water partition coefficient (Wildman–Crippen LogP) is 3.78. The van der Waals surface area contributed by atoms with Gasteiger partial charge in [-0.25, -0.2) is 14.5 Å². The molecule has 8 heteroatoms. The molecule has 0 aliphatic carbocycles. The monoisotopic (exact) mass is 446 g/mol. The standard InChI is InChI=1S/C24H34N2O6/c1-17(2)19(25(29)15-18-11-9-8-10-12-18)13-14-21(27)31-20-16-30-24(6,7)26(20)22(28)32-23(3,4)5/h8-12,17,19-20,29H,15-16H2,1-7H3. The molecule has 1 aromatic carbocycles. The fraction of sp³-hybridized carbons (Fsp3) is 0.583. The van der Waals surface area contributed by atoms with Gasteiger partial charge in [-0.3, -0.25) is 0 Å². The van der Waals surface area contributed by atoms with Crippen molar-refractivity contribution in [2.24, 2.45) is 5.92 Å². The van der Waals surface area contributed by atoms with Gasteiger partial charge in [0.05, 0.1) is 12.6 Å². The van der Waals surface area contributed by atoms with Crippen molar-refractivity contribution in [3.63, 3.8) is 0 Å². The van der Waals surface area contributed by atoms with Crippen LogP contribution in [0.5, 0.6) is 0 Å². The number of benzene rings is 1. The van der Waals surface area contributed by atoms with Crippen molar-refractivity contribution >= 4 is 12.1 Å². The molecule has 32 heavy (non-hydrogen) atoms. The van der Waals surface area contributed by atoms with Gasteiger partial charge in [-0.2, -0.15) is 5.06 Å². The van der Waals surface area contributed by atoms with Crippen molar-refractivity contribution < 1.29 is 29.0 Å². The van der Waals surface area contributed by atoms with Crippen molar-refractivity contribution in [1.29, 1.82) is 0 Å². The molecule has 1 heterocycles. The number of rotatable bonds is 5. The highest BCUT2D eigenvalue weighted by atomic mass is 16.6. The number of carbonyl (C=O) groups excluding carboxylic acids is 2. The number of nitrogens with zero attached hydrogens (tertiary/aromatic N) is 2. The molecule has 1 saturated heterocycles. The first-order valence-corrected chi connectivity index (χ1v) is 10.7. The maximum absolute atomic E-state index is 12.6. The summed E-state index contributed by atoms with van der Waals surface area (Å²) in [5.41, 5.74) is -0.792. The number of hydrogen-bond donors (Lipinski definition) is 1. The van der Waals surface area contributed by atoms with Crippen LogP contribution in [0.3, 0.4) is 0 Å². The summed E-state index contributed by atoms with van der Waals surface area (Å²) in [7, 11) is 0. The lowest BCUT2D eigenvalue weighted by molar-refractivity contribution is -0.150. The zero-order valence-corrected chi connectivity index (χ0v) is 19.9. The third-order valence-corrected chi connectivity index (χ3v) is 4.74. The second kappa shape index (κ2) is 10.3. The van der Waals surface area contributed by atoms with Crippen molar-refractivity contribution in [3.8, 4) is 11.8 Å². The van der Waals surface area contributed by atoms with Crippen molar-refractivity contribution in [2.75, 3.05) is 6.61 Å². The molecule has 0 aromatic heterocycles. The Morgan fingerprint density at radius 3 is 2.47 bits per heavy atom. The van der Waals surface area contributed by atoms with E-state index in [0.29, 0.717) is 0 Å². The molecule has 8 nitrogen and oxygen atoms in total. The number of hydrogen-bond acceptors (Lipinski definition) is 7. The highest BCUT2D eigenvalue weighted by Crippen LogP contribution is 2.30. The van der Waals surface area contributed by atoms with Crippen LogP contribution < -0.4 is 0 Å². The van der Waals surface area contributed by atoms with Crippen LogP contribution in [0, 0.1) is 17.8 Å². The highest BCUT2D eigenvalue weighted by molar-refractivity contribution is 5.88. The average Bonchev–Trinajstić information content (AvgIpc) is 2.95. The van der Waals surface area contributed by atoms with Crippen molar-refractivity contribution in [3.05, 3.63) is 35.9 Å². The van der Waals surface area contributed by atoms with Crippen LogP contribution in [0.2, 0.25) is 0 Å². The molecule has 176 valence electrons. The average molecular weight is 447 g/mol. The molecule has 0 bridgehead atoms. The Morgan fingerprint density at radius 1 is 1.28 bits per heavy atom. The molecule has 0 saturated carbocycles. The van der Waals surface area contributed by atoms with Crippen molar-refractivity contribution in [2.45, 2.75) is 78.6 Å². The van der Waals surface area contributed by atoms with Crippen molar-refractivity contribution in [1.82, 2.24) is 9.96 Å². The molecule has 0 radical (unpaired) electrons. The summed E-state index contributed by atoms with van der Waals surface area (Å²) < 4.78 is 16.5. The van der Waals surface area contributed by atoms with Gasteiger partial charge in [-0.1, -0.05) is 50.1 Å². The minimum Gasteiger partial charge on any atom is -0.444 e. The van der Waals surface area contributed by atoms with E-state index in [1.54, 1.807) is 34.6 Å². The Bertz CT molecular complexity index is 851. The second-order valence-electron chi connectivity index (χ2n) is 9.51. The zero-order valence-electron chi connectivity index (χ0n) is 19.9. The van der Waals surface area contributed by atoms with E-state index < -0.39 is 35.7 Å². The van der Waals surface area contributed by atoms with Crippen LogP contribution in [0.1, 0.15) is 54.0 Å². The quantitative estimate of drug-likeness (QED) is 0.319. The fourth-order valence-electron chi connectivity index (χ4n) is 3.24. The number of hydroxylamine groups is 2. The molecular formula is C24H34N2O6. The van der Waals surface area contributed by atoms with E-state index in [1.807, 2.05) is 44.2 Å². The van der Waals surface area contributed by atoms with Gasteiger partial charge < -0.3 is 19.4 Å². The summed E-state index contributed by atoms with van der Waals surface area (Å²) in [5, 5.41) is 11.6. The summed E-state index contributed by atoms with van der Waals surface area (Å²) >= 11 is 0. The first-order valence-electron chi connectivity index (χ1n) is 10.7. The Hall–Kier alpha value is -2.60. The topological polar surface area (TPSA) is 88.5 Å². The molecule has 2 unspecified atom stereocenters. The number of esters is 1. The Labute approximate surface area is 190 Å². The number of carbonyl (C=O) groups is 2. The van der Waals surface area contributed by atoms with E-state index in [9.17, 15) is 14.8 Å². The van der Waals surface area contributed by atoms with Gasteiger partial charge in [0.1, 0.15) is 17.9 Å². The molecular weight excluding hydrogens is 412 g/mol. The molecule has 1 fully saturated rings. The van der Waals surface area contributed by atoms with Crippen LogP contribution in [-0.4, -0.2) is 57.4 Å². The first-order chi connectivity index (χ1) is 14.8. The Balaban J connectivity index is 2.08. The molecule has 1 aliphatic rings. The first kappa shape index (κ1) is 25.7. The summed E-state index contributed by atoms with van der Waals surface area (Å²) in [5.74, 6) is 4.38. The summed E-state index contributed by atoms with van der Waals surface area (Å²) in [4.78, 5) is 26.3. The van der Waals surface area contributed by atoms with E-state index in [0.717, 1.165) is 10.6 Å². The predicted molar refractivity (Wildman–Crippen MR) is 118 cm³/mol. The van der Waals surface area contributed by atoms with E-state index in [2.05, 4.69) is 11.8 Å². The van der Waals surface area contributed by atoms with Gasteiger partial charge in [0.15, 0.2) is 0 Å². The molecule has 0 spiro atoms. The molecule has 1 N–H and O–H groups in total. The largest absolute Gasteiger partial charge is 0.444 e. The smallest absolute Gasteiger partial charge is 0.415 e. The number of amides is 1. The van der Waals surface area contributed by atoms with Crippen LogP contribution in [0.15, 0.2) is 30.3 Å². The van der Waals surface area contributed by atoms with E-state index in [4.69, 9.17) is 14.2 Å². The van der Waals surface area contributed by atoms with Gasteiger partial charge in [0.2, 0.25) is 6.23 Å². The Kier molecular flexibility index (Phi) is 8.29. The lowest BCUT2D eigenvalue weighted by atomic mass is 10.0. The van der Waals surface area contributed by atoms with Gasteiger partial charge in [0, 0.05) is 5.92 Å². The van der Waals surface area contributed by atoms with Gasteiger partial charge in [-0.15, -0.1) is 0 Å². The Morgan fingerprint density at radius 2 is 1.91 bits per heavy atom. The molecule has 1 amide bonds. The maximum Gasteiger partial charge on any atom is 0.415 e. The minimum atomic E-state index is -1.00. The van der Waals surface area contributed by atoms with Gasteiger partial charge in [0.25, 0.3) is 0 Å². The van der Waals surface area contributed by atoms with Crippen LogP contribution in [0.25, 0.3) is 0 Å². The van der Waals surface area contributed by atoms with E-state index in [-0.39, 0.29) is 19.1 Å². The summed E-state index contributed by atoms with van der Waals surface area (Å²) in [6.45, 7) is 12.7. The fourth-order valence-corrected chi connectivity index (χ4v) is 3.24. The van der Waals surface area contributed by atoms with E-state index >= 15 is 0 Å². The third kappa shape index (κ3) is 7.23. The SMILES string of the molecule is CC(C)C(C#CC(=O)OC1COC(C)(C)N1C(=O)OC(C)(C)C)N(O)Cc1ccccc1. The lowest BCUT2D eigenvalue weighted by Gasteiger charge is -2.34.